The van der Waals surface area contributed by atoms with Crippen molar-refractivity contribution in [2.45, 2.75) is 46.1 Å². The number of nitrogens with one attached hydrogen (secondary N) is 1. The summed E-state index contributed by atoms with van der Waals surface area (Å²) in [5, 5.41) is 12.7. The van der Waals surface area contributed by atoms with Crippen LogP contribution in [0.2, 0.25) is 0 Å². The van der Waals surface area contributed by atoms with E-state index in [0.717, 1.165) is 25.4 Å². The Kier molecular flexibility index (Phi) is 3.74. The van der Waals surface area contributed by atoms with E-state index in [4.69, 9.17) is 0 Å². The van der Waals surface area contributed by atoms with Gasteiger partial charge in [-0.2, -0.15) is 0 Å². The topological polar surface area (TPSA) is 32.3 Å². The molecule has 1 unspecified atom stereocenters. The van der Waals surface area contributed by atoms with Crippen molar-refractivity contribution >= 4 is 0 Å². The predicted molar refractivity (Wildman–Crippen MR) is 55.7 cm³/mol. The van der Waals surface area contributed by atoms with E-state index in [-0.39, 0.29) is 6.10 Å². The summed E-state index contributed by atoms with van der Waals surface area (Å²) in [5.41, 5.74) is 0.483. The van der Waals surface area contributed by atoms with Crippen molar-refractivity contribution in [3.05, 3.63) is 0 Å². The van der Waals surface area contributed by atoms with Crippen LogP contribution in [0.4, 0.5) is 0 Å². The second-order valence-electron chi connectivity index (χ2n) is 4.50. The highest BCUT2D eigenvalue weighted by atomic mass is 16.3. The molecular formula is C11H23NO. The molecule has 0 amide bonds. The quantitative estimate of drug-likeness (QED) is 0.603. The van der Waals surface area contributed by atoms with E-state index >= 15 is 0 Å². The van der Waals surface area contributed by atoms with Gasteiger partial charge in [-0.1, -0.05) is 20.8 Å². The number of rotatable bonds is 0. The van der Waals surface area contributed by atoms with Gasteiger partial charge in [-0.3, -0.25) is 0 Å². The molecule has 2 fully saturated rings. The molecule has 1 heterocycles. The first-order valence-corrected chi connectivity index (χ1v) is 5.59. The van der Waals surface area contributed by atoms with E-state index in [0.29, 0.717) is 5.41 Å². The number of hydrogen-bond donors (Lipinski definition) is 2. The molecule has 13 heavy (non-hydrogen) atoms. The van der Waals surface area contributed by atoms with Crippen molar-refractivity contribution < 1.29 is 5.11 Å². The Morgan fingerprint density at radius 1 is 1.23 bits per heavy atom. The summed E-state index contributed by atoms with van der Waals surface area (Å²) in [4.78, 5) is 0. The maximum Gasteiger partial charge on any atom is 0.0670 e. The number of β-amino-alcohol motifs (C(OH)–C–C–N with tert-alkyl or cyclic N) is 1. The van der Waals surface area contributed by atoms with Gasteiger partial charge in [0.05, 0.1) is 6.10 Å². The Balaban J connectivity index is 0.000000396. The van der Waals surface area contributed by atoms with E-state index < -0.39 is 0 Å². The number of aliphatic hydroxyl groups excluding tert-OH is 1. The SMILES string of the molecule is CC.CC1CC2(CNCC(O)C2)C1. The summed E-state index contributed by atoms with van der Waals surface area (Å²) < 4.78 is 0. The van der Waals surface area contributed by atoms with Crippen LogP contribution >= 0.6 is 0 Å². The van der Waals surface area contributed by atoms with Crippen LogP contribution in [0, 0.1) is 11.3 Å². The van der Waals surface area contributed by atoms with Gasteiger partial charge >= 0.3 is 0 Å². The molecule has 2 nitrogen and oxygen atoms in total. The number of piperidine rings is 1. The van der Waals surface area contributed by atoms with Gasteiger partial charge in [0.15, 0.2) is 0 Å². The van der Waals surface area contributed by atoms with E-state index in [1.165, 1.54) is 12.8 Å². The molecule has 1 saturated carbocycles. The minimum Gasteiger partial charge on any atom is -0.392 e. The van der Waals surface area contributed by atoms with Crippen molar-refractivity contribution in [1.29, 1.82) is 0 Å². The van der Waals surface area contributed by atoms with E-state index in [1.54, 1.807) is 0 Å². The van der Waals surface area contributed by atoms with Crippen molar-refractivity contribution in [2.24, 2.45) is 11.3 Å². The first kappa shape index (κ1) is 11.0. The lowest BCUT2D eigenvalue weighted by atomic mass is 9.59. The summed E-state index contributed by atoms with van der Waals surface area (Å²) >= 11 is 0. The van der Waals surface area contributed by atoms with Gasteiger partial charge in [0, 0.05) is 13.1 Å². The summed E-state index contributed by atoms with van der Waals surface area (Å²) in [6, 6.07) is 0. The van der Waals surface area contributed by atoms with Gasteiger partial charge in [-0.25, -0.2) is 0 Å². The molecule has 78 valence electrons. The maximum absolute atomic E-state index is 9.43. The predicted octanol–water partition coefficient (Wildman–Crippen LogP) is 1.78. The van der Waals surface area contributed by atoms with Crippen molar-refractivity contribution in [3.8, 4) is 0 Å². The van der Waals surface area contributed by atoms with Crippen molar-refractivity contribution in [1.82, 2.24) is 5.32 Å². The normalized spacial score (nSPS) is 43.4. The summed E-state index contributed by atoms with van der Waals surface area (Å²) in [7, 11) is 0. The molecule has 1 spiro atoms. The lowest BCUT2D eigenvalue weighted by Crippen LogP contribution is -2.52. The van der Waals surface area contributed by atoms with Crippen LogP contribution < -0.4 is 5.32 Å². The van der Waals surface area contributed by atoms with Gasteiger partial charge in [0.1, 0.15) is 0 Å². The molecule has 0 bridgehead atoms. The van der Waals surface area contributed by atoms with Gasteiger partial charge in [-0.15, -0.1) is 0 Å². The van der Waals surface area contributed by atoms with Crippen LogP contribution in [0.1, 0.15) is 40.0 Å². The largest absolute Gasteiger partial charge is 0.392 e. The fourth-order valence-electron chi connectivity index (χ4n) is 2.88. The Morgan fingerprint density at radius 2 is 1.85 bits per heavy atom. The summed E-state index contributed by atoms with van der Waals surface area (Å²) in [6.45, 7) is 8.23. The smallest absolute Gasteiger partial charge is 0.0670 e. The third kappa shape index (κ3) is 2.44. The minimum absolute atomic E-state index is 0.0868. The fourth-order valence-corrected chi connectivity index (χ4v) is 2.88. The van der Waals surface area contributed by atoms with Crippen LogP contribution in [0.5, 0.6) is 0 Å². The Morgan fingerprint density at radius 3 is 2.31 bits per heavy atom. The van der Waals surface area contributed by atoms with Crippen LogP contribution in [-0.4, -0.2) is 24.3 Å². The van der Waals surface area contributed by atoms with Crippen LogP contribution in [0.3, 0.4) is 0 Å². The zero-order valence-electron chi connectivity index (χ0n) is 9.14. The molecule has 0 radical (unpaired) electrons. The van der Waals surface area contributed by atoms with Gasteiger partial charge in [-0.05, 0) is 30.6 Å². The first-order chi connectivity index (χ1) is 6.20. The highest BCUT2D eigenvalue weighted by molar-refractivity contribution is 4.97. The molecule has 2 aliphatic rings. The lowest BCUT2D eigenvalue weighted by molar-refractivity contribution is -0.0203. The van der Waals surface area contributed by atoms with Gasteiger partial charge < -0.3 is 10.4 Å². The highest BCUT2D eigenvalue weighted by Crippen LogP contribution is 2.49. The summed E-state index contributed by atoms with van der Waals surface area (Å²) in [5.74, 6) is 0.891. The zero-order valence-corrected chi connectivity index (χ0v) is 9.14. The molecule has 1 saturated heterocycles. The van der Waals surface area contributed by atoms with E-state index in [9.17, 15) is 5.11 Å². The lowest BCUT2D eigenvalue weighted by Gasteiger charge is -2.50. The maximum atomic E-state index is 9.43. The average Bonchev–Trinajstić information content (AvgIpc) is 2.05. The monoisotopic (exact) mass is 185 g/mol. The average molecular weight is 185 g/mol. The summed E-state index contributed by atoms with van der Waals surface area (Å²) in [6.07, 6.45) is 3.58. The zero-order chi connectivity index (χ0) is 9.90. The Hall–Kier alpha value is -0.0800. The van der Waals surface area contributed by atoms with Crippen LogP contribution in [-0.2, 0) is 0 Å². The Labute approximate surface area is 81.7 Å². The van der Waals surface area contributed by atoms with Gasteiger partial charge in [0.2, 0.25) is 0 Å². The van der Waals surface area contributed by atoms with E-state index in [2.05, 4.69) is 12.2 Å². The fraction of sp³-hybridized carbons (Fsp3) is 1.00. The second kappa shape index (κ2) is 4.43. The third-order valence-electron chi connectivity index (χ3n) is 3.11. The number of hydrogen-bond acceptors (Lipinski definition) is 2. The second-order valence-corrected chi connectivity index (χ2v) is 4.50. The third-order valence-corrected chi connectivity index (χ3v) is 3.11. The molecule has 2 rings (SSSR count). The molecule has 0 aromatic heterocycles. The van der Waals surface area contributed by atoms with Gasteiger partial charge in [0.25, 0.3) is 0 Å². The molecule has 0 aromatic carbocycles. The molecule has 2 heteroatoms. The molecule has 1 aliphatic carbocycles. The Bertz CT molecular complexity index is 147. The van der Waals surface area contributed by atoms with Crippen LogP contribution in [0.25, 0.3) is 0 Å². The molecular weight excluding hydrogens is 162 g/mol. The first-order valence-electron chi connectivity index (χ1n) is 5.59. The minimum atomic E-state index is -0.0868. The molecule has 1 atom stereocenters. The van der Waals surface area contributed by atoms with E-state index in [1.807, 2.05) is 13.8 Å². The highest BCUT2D eigenvalue weighted by Gasteiger charge is 2.44. The standard InChI is InChI=1S/C9H17NO.C2H6/c1-7-2-9(3-7)4-8(11)5-10-6-9;1-2/h7-8,10-11H,2-6H2,1H3;1-2H3. The molecule has 0 aromatic rings. The van der Waals surface area contributed by atoms with Crippen molar-refractivity contribution in [3.63, 3.8) is 0 Å². The molecule has 2 N–H and O–H groups in total. The van der Waals surface area contributed by atoms with Crippen LogP contribution in [0.15, 0.2) is 0 Å². The number of aliphatic hydroxyl groups is 1. The molecule has 1 aliphatic heterocycles. The van der Waals surface area contributed by atoms with Crippen molar-refractivity contribution in [2.75, 3.05) is 13.1 Å².